The standard InChI is InChI=1S/C51H88O6/c1-4-7-10-13-16-19-21-22-23-24-25-26-27-28-30-32-35-38-41-44-50(53)56-47-48(46-55-49(52)43-40-37-34-31-18-15-12-9-6-3)57-51(54)45-42-39-36-33-29-20-17-14-11-8-5-2/h8,11,16-17,19-22,33,36,48H,4-7,9-10,12-15,18,23-32,34-35,37-47H2,1-3H3/b11-8-,19-16-,20-17-,22-21-,36-33-. The molecule has 0 heterocycles. The molecular weight excluding hydrogens is 709 g/mol. The van der Waals surface area contributed by atoms with Crippen molar-refractivity contribution in [2.24, 2.45) is 0 Å². The van der Waals surface area contributed by atoms with Gasteiger partial charge < -0.3 is 14.2 Å². The summed E-state index contributed by atoms with van der Waals surface area (Å²) in [5.41, 5.74) is 0. The zero-order valence-electron chi connectivity index (χ0n) is 37.3. The molecule has 0 N–H and O–H groups in total. The minimum Gasteiger partial charge on any atom is -0.462 e. The van der Waals surface area contributed by atoms with Crippen molar-refractivity contribution in [3.05, 3.63) is 60.8 Å². The van der Waals surface area contributed by atoms with Crippen LogP contribution in [0.2, 0.25) is 0 Å². The van der Waals surface area contributed by atoms with Crippen molar-refractivity contribution in [1.82, 2.24) is 0 Å². The molecule has 328 valence electrons. The highest BCUT2D eigenvalue weighted by Crippen LogP contribution is 2.14. The van der Waals surface area contributed by atoms with Gasteiger partial charge in [0.1, 0.15) is 13.2 Å². The van der Waals surface area contributed by atoms with E-state index < -0.39 is 6.10 Å². The number of hydrogen-bond acceptors (Lipinski definition) is 6. The van der Waals surface area contributed by atoms with Gasteiger partial charge in [0.2, 0.25) is 0 Å². The minimum atomic E-state index is -0.797. The summed E-state index contributed by atoms with van der Waals surface area (Å²) in [6, 6.07) is 0. The number of esters is 3. The summed E-state index contributed by atoms with van der Waals surface area (Å²) in [5.74, 6) is -0.957. The molecule has 57 heavy (non-hydrogen) atoms. The van der Waals surface area contributed by atoms with Crippen molar-refractivity contribution >= 4 is 17.9 Å². The number of carbonyl (C=O) groups is 3. The molecule has 0 spiro atoms. The maximum Gasteiger partial charge on any atom is 0.306 e. The summed E-state index contributed by atoms with van der Waals surface area (Å²) in [4.78, 5) is 37.7. The zero-order chi connectivity index (χ0) is 41.5. The van der Waals surface area contributed by atoms with Crippen LogP contribution in [0, 0.1) is 0 Å². The van der Waals surface area contributed by atoms with Gasteiger partial charge >= 0.3 is 17.9 Å². The van der Waals surface area contributed by atoms with Gasteiger partial charge in [0.05, 0.1) is 0 Å². The molecule has 0 amide bonds. The molecule has 0 aliphatic heterocycles. The molecule has 0 fully saturated rings. The van der Waals surface area contributed by atoms with E-state index in [0.29, 0.717) is 19.3 Å². The van der Waals surface area contributed by atoms with Crippen LogP contribution in [-0.4, -0.2) is 37.2 Å². The highest BCUT2D eigenvalue weighted by Gasteiger charge is 2.19. The van der Waals surface area contributed by atoms with Crippen LogP contribution in [0.4, 0.5) is 0 Å². The Balaban J connectivity index is 4.32. The molecule has 0 rings (SSSR count). The zero-order valence-corrected chi connectivity index (χ0v) is 37.3. The minimum absolute atomic E-state index is 0.0944. The van der Waals surface area contributed by atoms with Crippen molar-refractivity contribution < 1.29 is 28.6 Å². The molecule has 0 aromatic heterocycles. The lowest BCUT2D eigenvalue weighted by molar-refractivity contribution is -0.167. The van der Waals surface area contributed by atoms with E-state index >= 15 is 0 Å². The van der Waals surface area contributed by atoms with Gasteiger partial charge in [-0.25, -0.2) is 0 Å². The molecule has 6 heteroatoms. The second-order valence-electron chi connectivity index (χ2n) is 15.7. The predicted molar refractivity (Wildman–Crippen MR) is 242 cm³/mol. The highest BCUT2D eigenvalue weighted by molar-refractivity contribution is 5.71. The molecule has 0 bridgehead atoms. The first kappa shape index (κ1) is 54.1. The van der Waals surface area contributed by atoms with Crippen LogP contribution in [0.1, 0.15) is 226 Å². The van der Waals surface area contributed by atoms with Crippen LogP contribution in [0.5, 0.6) is 0 Å². The molecular formula is C51H88O6. The summed E-state index contributed by atoms with van der Waals surface area (Å²) in [5, 5.41) is 0. The average Bonchev–Trinajstić information content (AvgIpc) is 3.21. The molecule has 1 unspecified atom stereocenters. The van der Waals surface area contributed by atoms with E-state index in [2.05, 4.69) is 81.5 Å². The number of rotatable bonds is 42. The highest BCUT2D eigenvalue weighted by atomic mass is 16.6. The van der Waals surface area contributed by atoms with Gasteiger partial charge in [-0.05, 0) is 70.6 Å². The fraction of sp³-hybridized carbons (Fsp3) is 0.745. The van der Waals surface area contributed by atoms with Crippen LogP contribution < -0.4 is 0 Å². The molecule has 1 atom stereocenters. The topological polar surface area (TPSA) is 78.9 Å². The van der Waals surface area contributed by atoms with E-state index in [1.807, 2.05) is 0 Å². The number of allylic oxidation sites excluding steroid dienone is 10. The molecule has 0 aliphatic carbocycles. The second-order valence-corrected chi connectivity index (χ2v) is 15.7. The van der Waals surface area contributed by atoms with E-state index in [-0.39, 0.29) is 37.5 Å². The predicted octanol–water partition coefficient (Wildman–Crippen LogP) is 15.3. The maximum atomic E-state index is 12.7. The van der Waals surface area contributed by atoms with E-state index in [1.54, 1.807) is 0 Å². The van der Waals surface area contributed by atoms with Crippen LogP contribution in [0.3, 0.4) is 0 Å². The van der Waals surface area contributed by atoms with Gasteiger partial charge in [-0.2, -0.15) is 0 Å². The third-order valence-corrected chi connectivity index (χ3v) is 10.0. The van der Waals surface area contributed by atoms with Gasteiger partial charge in [-0.15, -0.1) is 0 Å². The Morgan fingerprint density at radius 2 is 0.754 bits per heavy atom. The van der Waals surface area contributed by atoms with Gasteiger partial charge in [-0.1, -0.05) is 197 Å². The first-order chi connectivity index (χ1) is 28.0. The molecule has 0 aromatic rings. The largest absolute Gasteiger partial charge is 0.462 e. The fourth-order valence-electron chi connectivity index (χ4n) is 6.46. The van der Waals surface area contributed by atoms with Crippen molar-refractivity contribution in [1.29, 1.82) is 0 Å². The van der Waals surface area contributed by atoms with Gasteiger partial charge in [0.15, 0.2) is 6.10 Å². The SMILES string of the molecule is CC/C=C\C/C=C\C/C=C\CCCC(=O)OC(COC(=O)CCCCCCCCCCC)COC(=O)CCCCCCCCCCCC/C=C\C=C/CCCCC. The first-order valence-corrected chi connectivity index (χ1v) is 23.8. The second kappa shape index (κ2) is 45.8. The number of ether oxygens (including phenoxy) is 3. The van der Waals surface area contributed by atoms with E-state index in [1.165, 1.54) is 116 Å². The van der Waals surface area contributed by atoms with E-state index in [0.717, 1.165) is 64.2 Å². The van der Waals surface area contributed by atoms with Crippen LogP contribution in [0.25, 0.3) is 0 Å². The van der Waals surface area contributed by atoms with Crippen molar-refractivity contribution in [2.45, 2.75) is 232 Å². The summed E-state index contributed by atoms with van der Waals surface area (Å²) in [6.45, 7) is 6.41. The Bertz CT molecular complexity index is 1050. The lowest BCUT2D eigenvalue weighted by atomic mass is 10.1. The first-order valence-electron chi connectivity index (χ1n) is 23.8. The summed E-state index contributed by atoms with van der Waals surface area (Å²) >= 11 is 0. The molecule has 0 saturated heterocycles. The van der Waals surface area contributed by atoms with Gasteiger partial charge in [0, 0.05) is 19.3 Å². The average molecular weight is 797 g/mol. The van der Waals surface area contributed by atoms with E-state index in [4.69, 9.17) is 14.2 Å². The molecule has 0 saturated carbocycles. The summed E-state index contributed by atoms with van der Waals surface area (Å²) in [6.07, 6.45) is 55.0. The molecule has 0 radical (unpaired) electrons. The Hall–Kier alpha value is -2.89. The smallest absolute Gasteiger partial charge is 0.306 e. The van der Waals surface area contributed by atoms with Crippen LogP contribution >= 0.6 is 0 Å². The Labute approximate surface area is 351 Å². The number of carbonyl (C=O) groups excluding carboxylic acids is 3. The lowest BCUT2D eigenvalue weighted by Crippen LogP contribution is -2.30. The number of unbranched alkanes of at least 4 members (excludes halogenated alkanes) is 22. The van der Waals surface area contributed by atoms with Gasteiger partial charge in [0.25, 0.3) is 0 Å². The molecule has 6 nitrogen and oxygen atoms in total. The normalized spacial score (nSPS) is 12.5. The summed E-state index contributed by atoms with van der Waals surface area (Å²) < 4.78 is 16.6. The Kier molecular flexibility index (Phi) is 43.5. The lowest BCUT2D eigenvalue weighted by Gasteiger charge is -2.18. The Morgan fingerprint density at radius 3 is 1.25 bits per heavy atom. The van der Waals surface area contributed by atoms with Crippen LogP contribution in [-0.2, 0) is 28.6 Å². The summed E-state index contributed by atoms with van der Waals surface area (Å²) in [7, 11) is 0. The van der Waals surface area contributed by atoms with E-state index in [9.17, 15) is 14.4 Å². The third-order valence-electron chi connectivity index (χ3n) is 10.0. The van der Waals surface area contributed by atoms with Crippen molar-refractivity contribution in [3.8, 4) is 0 Å². The fourth-order valence-corrected chi connectivity index (χ4v) is 6.46. The quantitative estimate of drug-likeness (QED) is 0.0201. The van der Waals surface area contributed by atoms with Crippen molar-refractivity contribution in [3.63, 3.8) is 0 Å². The third kappa shape index (κ3) is 44.1. The van der Waals surface area contributed by atoms with Crippen LogP contribution in [0.15, 0.2) is 60.8 Å². The van der Waals surface area contributed by atoms with Gasteiger partial charge in [-0.3, -0.25) is 14.4 Å². The van der Waals surface area contributed by atoms with Crippen molar-refractivity contribution in [2.75, 3.05) is 13.2 Å². The Morgan fingerprint density at radius 1 is 0.386 bits per heavy atom. The molecule has 0 aliphatic rings. The monoisotopic (exact) mass is 797 g/mol. The number of hydrogen-bond donors (Lipinski definition) is 0. The maximum absolute atomic E-state index is 12.7. The molecule has 0 aromatic carbocycles.